The third-order valence-corrected chi connectivity index (χ3v) is 4.52. The van der Waals surface area contributed by atoms with E-state index in [1.54, 1.807) is 0 Å². The van der Waals surface area contributed by atoms with Crippen LogP contribution < -0.4 is 10.1 Å². The first kappa shape index (κ1) is 17.6. The number of ether oxygens (including phenoxy) is 1. The van der Waals surface area contributed by atoms with E-state index in [1.807, 2.05) is 72.8 Å². The summed E-state index contributed by atoms with van der Waals surface area (Å²) in [5, 5.41) is 7.19. The number of carbonyl (C=O) groups is 1. The fourth-order valence-corrected chi connectivity index (χ4v) is 3.11. The van der Waals surface area contributed by atoms with Gasteiger partial charge < -0.3 is 10.1 Å². The lowest BCUT2D eigenvalue weighted by atomic mass is 10.1. The van der Waals surface area contributed by atoms with E-state index in [0.29, 0.717) is 5.56 Å². The lowest BCUT2D eigenvalue weighted by Gasteiger charge is -2.06. The highest BCUT2D eigenvalue weighted by Crippen LogP contribution is 2.24. The molecule has 0 atom stereocenters. The molecule has 0 aliphatic rings. The number of benzene rings is 4. The number of fused-ring (bicyclic) bond motifs is 2. The summed E-state index contributed by atoms with van der Waals surface area (Å²) in [6.45, 7) is 0.560. The van der Waals surface area contributed by atoms with Gasteiger partial charge in [0.05, 0.1) is 6.54 Å². The molecule has 3 nitrogen and oxygen atoms in total. The van der Waals surface area contributed by atoms with Gasteiger partial charge in [0, 0.05) is 10.9 Å². The zero-order valence-electron chi connectivity index (χ0n) is 15.3. The van der Waals surface area contributed by atoms with Crippen LogP contribution in [0.25, 0.3) is 21.5 Å². The van der Waals surface area contributed by atoms with Gasteiger partial charge in [-0.15, -0.1) is 0 Å². The van der Waals surface area contributed by atoms with Crippen molar-refractivity contribution in [2.75, 3.05) is 13.2 Å². The quantitative estimate of drug-likeness (QED) is 0.527. The lowest BCUT2D eigenvalue weighted by Crippen LogP contribution is -2.23. The SMILES string of the molecule is O=C(NCC#CCOc1cccc2ccccc12)c1ccc2ccccc2c1. The number of rotatable bonds is 4. The van der Waals surface area contributed by atoms with Crippen LogP contribution in [0, 0.1) is 11.8 Å². The number of hydrogen-bond acceptors (Lipinski definition) is 2. The first-order valence-electron chi connectivity index (χ1n) is 9.14. The van der Waals surface area contributed by atoms with Crippen molar-refractivity contribution in [1.82, 2.24) is 5.32 Å². The predicted octanol–water partition coefficient (Wildman–Crippen LogP) is 4.81. The average molecular weight is 365 g/mol. The summed E-state index contributed by atoms with van der Waals surface area (Å²) in [5.74, 6) is 6.57. The normalized spacial score (nSPS) is 10.3. The van der Waals surface area contributed by atoms with Crippen LogP contribution >= 0.6 is 0 Å². The van der Waals surface area contributed by atoms with E-state index >= 15 is 0 Å². The molecule has 0 aromatic heterocycles. The Morgan fingerprint density at radius 3 is 2.43 bits per heavy atom. The molecule has 0 saturated heterocycles. The van der Waals surface area contributed by atoms with E-state index in [4.69, 9.17) is 4.74 Å². The standard InChI is InChI=1S/C25H19NO2/c27-25(22-15-14-19-8-1-2-10-21(19)18-22)26-16-5-6-17-28-24-13-7-11-20-9-3-4-12-23(20)24/h1-4,7-15,18H,16-17H2,(H,26,27). The molecule has 0 radical (unpaired) electrons. The van der Waals surface area contributed by atoms with Gasteiger partial charge in [0.1, 0.15) is 12.4 Å². The van der Waals surface area contributed by atoms with E-state index in [1.165, 1.54) is 0 Å². The topological polar surface area (TPSA) is 38.3 Å². The molecule has 28 heavy (non-hydrogen) atoms. The van der Waals surface area contributed by atoms with E-state index in [2.05, 4.69) is 29.3 Å². The maximum absolute atomic E-state index is 12.3. The van der Waals surface area contributed by atoms with Crippen molar-refractivity contribution in [2.24, 2.45) is 0 Å². The Morgan fingerprint density at radius 2 is 1.54 bits per heavy atom. The molecular weight excluding hydrogens is 346 g/mol. The Bertz CT molecular complexity index is 1200. The van der Waals surface area contributed by atoms with Crippen molar-refractivity contribution < 1.29 is 9.53 Å². The molecule has 136 valence electrons. The molecule has 1 N–H and O–H groups in total. The fraction of sp³-hybridized carbons (Fsp3) is 0.0800. The van der Waals surface area contributed by atoms with Gasteiger partial charge in [-0.05, 0) is 34.4 Å². The molecule has 0 saturated carbocycles. The number of amides is 1. The van der Waals surface area contributed by atoms with Crippen LogP contribution in [0.4, 0.5) is 0 Å². The van der Waals surface area contributed by atoms with Crippen LogP contribution in [0.2, 0.25) is 0 Å². The molecule has 0 aliphatic carbocycles. The second kappa shape index (κ2) is 8.28. The summed E-state index contributed by atoms with van der Waals surface area (Å²) in [7, 11) is 0. The maximum atomic E-state index is 12.3. The first-order chi connectivity index (χ1) is 13.8. The van der Waals surface area contributed by atoms with Gasteiger partial charge in [0.2, 0.25) is 0 Å². The molecule has 0 fully saturated rings. The summed E-state index contributed by atoms with van der Waals surface area (Å²) < 4.78 is 5.77. The number of carbonyl (C=O) groups excluding carboxylic acids is 1. The first-order valence-corrected chi connectivity index (χ1v) is 9.14. The van der Waals surface area contributed by atoms with Gasteiger partial charge in [0.15, 0.2) is 0 Å². The Morgan fingerprint density at radius 1 is 0.786 bits per heavy atom. The van der Waals surface area contributed by atoms with Crippen molar-refractivity contribution in [3.8, 4) is 17.6 Å². The minimum atomic E-state index is -0.130. The summed E-state index contributed by atoms with van der Waals surface area (Å²) in [4.78, 5) is 12.3. The van der Waals surface area contributed by atoms with Crippen molar-refractivity contribution in [3.05, 3.63) is 90.5 Å². The zero-order valence-corrected chi connectivity index (χ0v) is 15.3. The Labute approximate surface area is 164 Å². The molecule has 0 heterocycles. The third-order valence-electron chi connectivity index (χ3n) is 4.52. The van der Waals surface area contributed by atoms with Crippen molar-refractivity contribution in [3.63, 3.8) is 0 Å². The van der Waals surface area contributed by atoms with E-state index in [-0.39, 0.29) is 19.1 Å². The molecule has 0 aliphatic heterocycles. The van der Waals surface area contributed by atoms with Gasteiger partial charge in [0.25, 0.3) is 5.91 Å². The maximum Gasteiger partial charge on any atom is 0.252 e. The molecule has 4 aromatic carbocycles. The van der Waals surface area contributed by atoms with Crippen molar-refractivity contribution in [2.45, 2.75) is 0 Å². The van der Waals surface area contributed by atoms with Crippen LogP contribution in [0.1, 0.15) is 10.4 Å². The Balaban J connectivity index is 1.31. The van der Waals surface area contributed by atoms with Gasteiger partial charge >= 0.3 is 0 Å². The Hall–Kier alpha value is -3.77. The summed E-state index contributed by atoms with van der Waals surface area (Å²) in [5.41, 5.74) is 0.632. The molecule has 3 heteroatoms. The molecule has 4 aromatic rings. The third kappa shape index (κ3) is 3.97. The van der Waals surface area contributed by atoms with Crippen LogP contribution in [-0.2, 0) is 0 Å². The monoisotopic (exact) mass is 365 g/mol. The van der Waals surface area contributed by atoms with Crippen molar-refractivity contribution >= 4 is 27.5 Å². The highest BCUT2D eigenvalue weighted by Gasteiger charge is 2.04. The second-order valence-corrected chi connectivity index (χ2v) is 6.36. The fourth-order valence-electron chi connectivity index (χ4n) is 3.11. The van der Waals surface area contributed by atoms with Gasteiger partial charge in [-0.3, -0.25) is 4.79 Å². The van der Waals surface area contributed by atoms with Gasteiger partial charge in [-0.1, -0.05) is 78.6 Å². The molecule has 4 rings (SSSR count). The van der Waals surface area contributed by atoms with Gasteiger partial charge in [-0.25, -0.2) is 0 Å². The second-order valence-electron chi connectivity index (χ2n) is 6.36. The molecular formula is C25H19NO2. The number of hydrogen-bond donors (Lipinski definition) is 1. The Kier molecular flexibility index (Phi) is 5.22. The smallest absolute Gasteiger partial charge is 0.252 e. The van der Waals surface area contributed by atoms with Crippen molar-refractivity contribution in [1.29, 1.82) is 0 Å². The predicted molar refractivity (Wildman–Crippen MR) is 114 cm³/mol. The minimum absolute atomic E-state index is 0.130. The molecule has 1 amide bonds. The van der Waals surface area contributed by atoms with Crippen LogP contribution in [0.5, 0.6) is 5.75 Å². The lowest BCUT2D eigenvalue weighted by molar-refractivity contribution is 0.0959. The zero-order chi connectivity index (χ0) is 19.2. The van der Waals surface area contributed by atoms with E-state index in [0.717, 1.165) is 27.3 Å². The highest BCUT2D eigenvalue weighted by atomic mass is 16.5. The number of nitrogens with one attached hydrogen (secondary N) is 1. The van der Waals surface area contributed by atoms with Gasteiger partial charge in [-0.2, -0.15) is 0 Å². The molecule has 0 spiro atoms. The van der Waals surface area contributed by atoms with E-state index in [9.17, 15) is 4.79 Å². The van der Waals surface area contributed by atoms with Crippen LogP contribution in [0.15, 0.2) is 84.9 Å². The van der Waals surface area contributed by atoms with Crippen LogP contribution in [0.3, 0.4) is 0 Å². The molecule has 0 unspecified atom stereocenters. The average Bonchev–Trinajstić information content (AvgIpc) is 2.75. The summed E-state index contributed by atoms with van der Waals surface area (Å²) in [6, 6.07) is 27.7. The summed E-state index contributed by atoms with van der Waals surface area (Å²) in [6.07, 6.45) is 0. The minimum Gasteiger partial charge on any atom is -0.480 e. The van der Waals surface area contributed by atoms with E-state index < -0.39 is 0 Å². The highest BCUT2D eigenvalue weighted by molar-refractivity contribution is 5.98. The molecule has 0 bridgehead atoms. The largest absolute Gasteiger partial charge is 0.480 e. The summed E-state index contributed by atoms with van der Waals surface area (Å²) >= 11 is 0. The van der Waals surface area contributed by atoms with Crippen LogP contribution in [-0.4, -0.2) is 19.1 Å².